The highest BCUT2D eigenvalue weighted by Gasteiger charge is 2.29. The van der Waals surface area contributed by atoms with E-state index in [9.17, 15) is 4.79 Å². The van der Waals surface area contributed by atoms with Gasteiger partial charge in [0.05, 0.1) is 12.2 Å². The highest BCUT2D eigenvalue weighted by Crippen LogP contribution is 2.17. The summed E-state index contributed by atoms with van der Waals surface area (Å²) in [7, 11) is 0. The lowest BCUT2D eigenvalue weighted by atomic mass is 10.1. The van der Waals surface area contributed by atoms with E-state index in [0.717, 1.165) is 49.9 Å². The normalized spacial score (nSPS) is 16.3. The molecule has 1 aromatic carbocycles. The zero-order valence-corrected chi connectivity index (χ0v) is 20.1. The summed E-state index contributed by atoms with van der Waals surface area (Å²) in [6.07, 6.45) is 1.50. The van der Waals surface area contributed by atoms with Crippen molar-refractivity contribution in [2.24, 2.45) is 10.9 Å². The zero-order valence-electron chi connectivity index (χ0n) is 17.8. The maximum Gasteiger partial charge on any atom is 0.223 e. The third kappa shape index (κ3) is 7.59. The lowest BCUT2D eigenvalue weighted by molar-refractivity contribution is -0.127. The molecule has 1 fully saturated rings. The van der Waals surface area contributed by atoms with Gasteiger partial charge in [-0.1, -0.05) is 36.4 Å². The van der Waals surface area contributed by atoms with Crippen LogP contribution in [0, 0.1) is 12.8 Å². The summed E-state index contributed by atoms with van der Waals surface area (Å²) in [5.41, 5.74) is 3.22. The van der Waals surface area contributed by atoms with E-state index in [-0.39, 0.29) is 29.9 Å². The molecule has 0 aliphatic carbocycles. The molecule has 2 N–H and O–H groups in total. The fourth-order valence-corrected chi connectivity index (χ4v) is 3.55. The average Bonchev–Trinajstić information content (AvgIpc) is 3.09. The Morgan fingerprint density at radius 1 is 1.17 bits per heavy atom. The summed E-state index contributed by atoms with van der Waals surface area (Å²) < 4.78 is 0. The fraction of sp³-hybridized carbons (Fsp3) is 0.435. The molecule has 1 atom stereocenters. The molecule has 0 spiro atoms. The monoisotopic (exact) mass is 521 g/mol. The van der Waals surface area contributed by atoms with E-state index in [1.165, 1.54) is 5.56 Å². The van der Waals surface area contributed by atoms with Crippen LogP contribution >= 0.6 is 24.0 Å². The van der Waals surface area contributed by atoms with Crippen molar-refractivity contribution in [2.45, 2.75) is 33.2 Å². The third-order valence-electron chi connectivity index (χ3n) is 5.06. The molecule has 162 valence electrons. The lowest BCUT2D eigenvalue weighted by Crippen LogP contribution is -2.40. The van der Waals surface area contributed by atoms with Gasteiger partial charge in [-0.2, -0.15) is 0 Å². The molecule has 30 heavy (non-hydrogen) atoms. The molecule has 0 saturated carbocycles. The molecule has 7 heteroatoms. The number of halogens is 1. The van der Waals surface area contributed by atoms with Crippen molar-refractivity contribution >= 4 is 35.8 Å². The molecule has 1 aliphatic rings. The number of nitrogens with one attached hydrogen (secondary N) is 2. The van der Waals surface area contributed by atoms with Gasteiger partial charge in [-0.25, -0.2) is 4.99 Å². The molecule has 1 saturated heterocycles. The third-order valence-corrected chi connectivity index (χ3v) is 5.06. The highest BCUT2D eigenvalue weighted by atomic mass is 127. The number of rotatable bonds is 8. The number of amides is 1. The van der Waals surface area contributed by atoms with Crippen LogP contribution in [0.4, 0.5) is 0 Å². The van der Waals surface area contributed by atoms with Gasteiger partial charge < -0.3 is 15.5 Å². The van der Waals surface area contributed by atoms with Gasteiger partial charge in [0.15, 0.2) is 5.96 Å². The average molecular weight is 521 g/mol. The van der Waals surface area contributed by atoms with E-state index >= 15 is 0 Å². The van der Waals surface area contributed by atoms with E-state index in [1.54, 1.807) is 0 Å². The number of carbonyl (C=O) groups excluding carboxylic acids is 1. The Bertz CT molecular complexity index is 827. The lowest BCUT2D eigenvalue weighted by Gasteiger charge is -2.18. The van der Waals surface area contributed by atoms with Gasteiger partial charge in [-0.05, 0) is 38.0 Å². The van der Waals surface area contributed by atoms with Gasteiger partial charge >= 0.3 is 0 Å². The molecule has 1 aliphatic heterocycles. The summed E-state index contributed by atoms with van der Waals surface area (Å²) >= 11 is 0. The van der Waals surface area contributed by atoms with Gasteiger partial charge in [0.2, 0.25) is 5.91 Å². The minimum absolute atomic E-state index is 0. The second-order valence-corrected chi connectivity index (χ2v) is 7.49. The van der Waals surface area contributed by atoms with Gasteiger partial charge in [-0.3, -0.25) is 9.78 Å². The highest BCUT2D eigenvalue weighted by molar-refractivity contribution is 14.0. The number of aliphatic imine (C=N–C) groups is 1. The van der Waals surface area contributed by atoms with Crippen LogP contribution in [0.15, 0.2) is 53.5 Å². The Hall–Kier alpha value is -2.16. The second-order valence-electron chi connectivity index (χ2n) is 7.49. The largest absolute Gasteiger partial charge is 0.357 e. The van der Waals surface area contributed by atoms with Crippen LogP contribution in [0.3, 0.4) is 0 Å². The van der Waals surface area contributed by atoms with Crippen LogP contribution in [0.25, 0.3) is 0 Å². The molecule has 2 aromatic rings. The second kappa shape index (κ2) is 12.5. The quantitative estimate of drug-likeness (QED) is 0.318. The number of nitrogens with zero attached hydrogens (tertiary/aromatic N) is 3. The number of hydrogen-bond acceptors (Lipinski definition) is 3. The molecule has 2 heterocycles. The van der Waals surface area contributed by atoms with Crippen LogP contribution in [0.1, 0.15) is 30.3 Å². The molecule has 1 unspecified atom stereocenters. The summed E-state index contributed by atoms with van der Waals surface area (Å²) in [5, 5.41) is 6.67. The Labute approximate surface area is 196 Å². The molecule has 0 radical (unpaired) electrons. The van der Waals surface area contributed by atoms with E-state index in [1.807, 2.05) is 55.1 Å². The first kappa shape index (κ1) is 24.1. The van der Waals surface area contributed by atoms with Crippen molar-refractivity contribution in [3.63, 3.8) is 0 Å². The molecule has 0 bridgehead atoms. The van der Waals surface area contributed by atoms with Gasteiger partial charge in [0.1, 0.15) is 0 Å². The van der Waals surface area contributed by atoms with E-state index in [4.69, 9.17) is 0 Å². The van der Waals surface area contributed by atoms with Crippen molar-refractivity contribution in [2.75, 3.05) is 26.2 Å². The summed E-state index contributed by atoms with van der Waals surface area (Å²) in [4.78, 5) is 23.5. The molecular formula is C23H32IN5O. The number of aryl methyl sites for hydroxylation is 1. The van der Waals surface area contributed by atoms with Gasteiger partial charge in [0.25, 0.3) is 0 Å². The van der Waals surface area contributed by atoms with Crippen molar-refractivity contribution in [3.05, 3.63) is 65.5 Å². The maximum atomic E-state index is 12.4. The predicted octanol–water partition coefficient (Wildman–Crippen LogP) is 3.15. The van der Waals surface area contributed by atoms with Crippen molar-refractivity contribution < 1.29 is 4.79 Å². The van der Waals surface area contributed by atoms with E-state index in [0.29, 0.717) is 18.9 Å². The van der Waals surface area contributed by atoms with Crippen LogP contribution in [-0.2, 0) is 17.8 Å². The van der Waals surface area contributed by atoms with Crippen LogP contribution in [-0.4, -0.2) is 47.9 Å². The SMILES string of the molecule is CCNC(=NCc1cccc(C)n1)NCC1CC(=O)N(CCc2ccccc2)C1.I. The van der Waals surface area contributed by atoms with Crippen molar-refractivity contribution in [1.82, 2.24) is 20.5 Å². The first-order chi connectivity index (χ1) is 14.1. The summed E-state index contributed by atoms with van der Waals surface area (Å²) in [5.74, 6) is 1.32. The number of pyridine rings is 1. The van der Waals surface area contributed by atoms with Crippen molar-refractivity contribution in [1.29, 1.82) is 0 Å². The number of carbonyl (C=O) groups is 1. The standard InChI is InChI=1S/C23H31N5O.HI/c1-3-24-23(26-16-21-11-7-8-18(2)27-21)25-15-20-14-22(29)28(17-20)13-12-19-9-5-4-6-10-19;/h4-11,20H,3,12-17H2,1-2H3,(H2,24,25,26);1H. The number of aromatic nitrogens is 1. The van der Waals surface area contributed by atoms with Crippen LogP contribution < -0.4 is 10.6 Å². The number of hydrogen-bond donors (Lipinski definition) is 2. The number of benzene rings is 1. The van der Waals surface area contributed by atoms with Crippen molar-refractivity contribution in [3.8, 4) is 0 Å². The van der Waals surface area contributed by atoms with Crippen LogP contribution in [0.2, 0.25) is 0 Å². The predicted molar refractivity (Wildman–Crippen MR) is 132 cm³/mol. The first-order valence-electron chi connectivity index (χ1n) is 10.4. The Morgan fingerprint density at radius 2 is 1.97 bits per heavy atom. The van der Waals surface area contributed by atoms with Gasteiger partial charge in [0, 0.05) is 44.2 Å². The number of guanidine groups is 1. The zero-order chi connectivity index (χ0) is 20.5. The molecule has 1 aromatic heterocycles. The topological polar surface area (TPSA) is 69.6 Å². The summed E-state index contributed by atoms with van der Waals surface area (Å²) in [6.45, 7) is 7.68. The first-order valence-corrected chi connectivity index (χ1v) is 10.4. The minimum Gasteiger partial charge on any atom is -0.357 e. The molecule has 3 rings (SSSR count). The van der Waals surface area contributed by atoms with Gasteiger partial charge in [-0.15, -0.1) is 24.0 Å². The molecule has 1 amide bonds. The molecular weight excluding hydrogens is 489 g/mol. The van der Waals surface area contributed by atoms with E-state index in [2.05, 4.69) is 32.7 Å². The molecule has 6 nitrogen and oxygen atoms in total. The number of likely N-dealkylation sites (tertiary alicyclic amines) is 1. The Balaban J connectivity index is 0.00000320. The summed E-state index contributed by atoms with van der Waals surface area (Å²) in [6, 6.07) is 16.3. The smallest absolute Gasteiger partial charge is 0.223 e. The maximum absolute atomic E-state index is 12.4. The fourth-order valence-electron chi connectivity index (χ4n) is 3.55. The van der Waals surface area contributed by atoms with E-state index < -0.39 is 0 Å². The Kier molecular flexibility index (Phi) is 10.1. The van der Waals surface area contributed by atoms with Crippen LogP contribution in [0.5, 0.6) is 0 Å². The Morgan fingerprint density at radius 3 is 2.70 bits per heavy atom. The minimum atomic E-state index is 0.